The third-order valence-electron chi connectivity index (χ3n) is 4.63. The molecule has 1 fully saturated rings. The van der Waals surface area contributed by atoms with Crippen molar-refractivity contribution in [2.75, 3.05) is 5.32 Å². The predicted molar refractivity (Wildman–Crippen MR) is 76.9 cm³/mol. The van der Waals surface area contributed by atoms with E-state index in [2.05, 4.69) is 52.9 Å². The zero-order valence-electron chi connectivity index (χ0n) is 11.9. The minimum absolute atomic E-state index is 0.169. The monoisotopic (exact) mass is 292 g/mol. The fraction of sp³-hybridized carbons (Fsp3) is 0.538. The molecule has 0 aromatic carbocycles. The lowest BCUT2D eigenvalue weighted by atomic mass is 10.0. The molecule has 0 radical (unpaired) electrons. The third kappa shape index (κ3) is 1.95. The van der Waals surface area contributed by atoms with E-state index < -0.39 is 0 Å². The van der Waals surface area contributed by atoms with Crippen LogP contribution in [-0.4, -0.2) is 30.5 Å². The lowest BCUT2D eigenvalue weighted by Crippen LogP contribution is -2.14. The first kappa shape index (κ1) is 13.3. The lowest BCUT2D eigenvalue weighted by molar-refractivity contribution is 0.457. The van der Waals surface area contributed by atoms with Gasteiger partial charge in [-0.3, -0.25) is 4.57 Å². The van der Waals surface area contributed by atoms with Crippen molar-refractivity contribution in [3.8, 4) is 5.95 Å². The maximum atomic E-state index is 5.98. The minimum Gasteiger partial charge on any atom is -0.350 e. The van der Waals surface area contributed by atoms with Gasteiger partial charge in [0.25, 0.3) is 0 Å². The summed E-state index contributed by atoms with van der Waals surface area (Å²) in [6, 6.07) is 0.309. The third-order valence-corrected chi connectivity index (χ3v) is 4.79. The Hall–Kier alpha value is -1.69. The van der Waals surface area contributed by atoms with Crippen molar-refractivity contribution in [3.05, 3.63) is 24.0 Å². The fourth-order valence-corrected chi connectivity index (χ4v) is 2.74. The summed E-state index contributed by atoms with van der Waals surface area (Å²) in [5.74, 6) is 0.957. The molecule has 7 heteroatoms. The first-order valence-electron chi connectivity index (χ1n) is 6.49. The number of halogens is 1. The number of nitrogens with one attached hydrogen (secondary N) is 1. The molecule has 2 heterocycles. The van der Waals surface area contributed by atoms with Crippen LogP contribution in [0, 0.1) is 10.8 Å². The Morgan fingerprint density at radius 2 is 1.85 bits per heavy atom. The van der Waals surface area contributed by atoms with Gasteiger partial charge in [0.2, 0.25) is 17.2 Å². The van der Waals surface area contributed by atoms with Crippen molar-refractivity contribution < 1.29 is 0 Å². The second-order valence-electron chi connectivity index (χ2n) is 6.22. The molecule has 0 bridgehead atoms. The van der Waals surface area contributed by atoms with Gasteiger partial charge in [-0.25, -0.2) is 4.98 Å². The van der Waals surface area contributed by atoms with Crippen LogP contribution in [0.3, 0.4) is 0 Å². The van der Waals surface area contributed by atoms with E-state index in [1.165, 1.54) is 0 Å². The molecule has 2 aromatic rings. The molecule has 106 valence electrons. The SMILES string of the molecule is CC1(C)C(Nc2nc(Cl)nc(-n3ccnc3)n2)C1(C)C. The maximum Gasteiger partial charge on any atom is 0.241 e. The molecule has 0 aliphatic heterocycles. The van der Waals surface area contributed by atoms with Gasteiger partial charge in [-0.05, 0) is 22.4 Å². The Balaban J connectivity index is 1.89. The Labute approximate surface area is 122 Å². The molecule has 3 rings (SSSR count). The predicted octanol–water partition coefficient (Wildman–Crippen LogP) is 2.56. The summed E-state index contributed by atoms with van der Waals surface area (Å²) < 4.78 is 1.70. The molecule has 0 amide bonds. The molecule has 1 aliphatic rings. The van der Waals surface area contributed by atoms with Gasteiger partial charge in [-0.15, -0.1) is 0 Å². The zero-order chi connectivity index (χ0) is 14.5. The quantitative estimate of drug-likeness (QED) is 0.941. The van der Waals surface area contributed by atoms with Crippen molar-refractivity contribution >= 4 is 17.5 Å². The highest BCUT2D eigenvalue weighted by atomic mass is 35.5. The van der Waals surface area contributed by atoms with Crippen LogP contribution in [0.2, 0.25) is 5.28 Å². The van der Waals surface area contributed by atoms with E-state index in [1.807, 2.05) is 0 Å². The van der Waals surface area contributed by atoms with E-state index in [4.69, 9.17) is 11.6 Å². The van der Waals surface area contributed by atoms with Gasteiger partial charge in [0.15, 0.2) is 0 Å². The number of rotatable bonds is 3. The maximum absolute atomic E-state index is 5.98. The van der Waals surface area contributed by atoms with Crippen molar-refractivity contribution in [3.63, 3.8) is 0 Å². The van der Waals surface area contributed by atoms with Gasteiger partial charge in [-0.1, -0.05) is 27.7 Å². The van der Waals surface area contributed by atoms with Gasteiger partial charge >= 0.3 is 0 Å². The van der Waals surface area contributed by atoms with Gasteiger partial charge in [0.05, 0.1) is 0 Å². The molecule has 0 saturated heterocycles. The number of hydrogen-bond donors (Lipinski definition) is 1. The first-order valence-corrected chi connectivity index (χ1v) is 6.86. The summed E-state index contributed by atoms with van der Waals surface area (Å²) in [6.45, 7) is 8.91. The van der Waals surface area contributed by atoms with Crippen molar-refractivity contribution in [1.82, 2.24) is 24.5 Å². The van der Waals surface area contributed by atoms with Gasteiger partial charge in [-0.2, -0.15) is 15.0 Å². The van der Waals surface area contributed by atoms with E-state index in [9.17, 15) is 0 Å². The van der Waals surface area contributed by atoms with Crippen LogP contribution in [0.5, 0.6) is 0 Å². The van der Waals surface area contributed by atoms with E-state index in [0.717, 1.165) is 0 Å². The number of aromatic nitrogens is 5. The summed E-state index contributed by atoms with van der Waals surface area (Å²) in [4.78, 5) is 16.6. The van der Waals surface area contributed by atoms with Crippen LogP contribution in [-0.2, 0) is 0 Å². The molecule has 20 heavy (non-hydrogen) atoms. The van der Waals surface area contributed by atoms with Crippen molar-refractivity contribution in [2.45, 2.75) is 33.7 Å². The van der Waals surface area contributed by atoms with E-state index >= 15 is 0 Å². The highest BCUT2D eigenvalue weighted by molar-refractivity contribution is 6.28. The number of anilines is 1. The highest BCUT2D eigenvalue weighted by Gasteiger charge is 2.65. The summed E-state index contributed by atoms with van der Waals surface area (Å²) in [5, 5.41) is 3.53. The molecule has 0 spiro atoms. The second kappa shape index (κ2) is 4.15. The van der Waals surface area contributed by atoms with Crippen LogP contribution in [0.25, 0.3) is 5.95 Å². The average molecular weight is 293 g/mol. The Kier molecular flexibility index (Phi) is 2.76. The largest absolute Gasteiger partial charge is 0.350 e. The highest BCUT2D eigenvalue weighted by Crippen LogP contribution is 2.63. The summed E-state index contributed by atoms with van der Waals surface area (Å²) in [6.07, 6.45) is 5.05. The van der Waals surface area contributed by atoms with Crippen LogP contribution >= 0.6 is 11.6 Å². The molecule has 2 aromatic heterocycles. The molecule has 1 N–H and O–H groups in total. The average Bonchev–Trinajstić information content (AvgIpc) is 2.81. The Morgan fingerprint density at radius 1 is 1.15 bits per heavy atom. The van der Waals surface area contributed by atoms with Gasteiger partial charge < -0.3 is 5.32 Å². The topological polar surface area (TPSA) is 68.5 Å². The number of hydrogen-bond acceptors (Lipinski definition) is 5. The molecule has 0 unspecified atom stereocenters. The van der Waals surface area contributed by atoms with Crippen LogP contribution in [0.1, 0.15) is 27.7 Å². The Bertz CT molecular complexity index is 620. The lowest BCUT2D eigenvalue weighted by Gasteiger charge is -2.08. The Morgan fingerprint density at radius 3 is 2.40 bits per heavy atom. The summed E-state index contributed by atoms with van der Waals surface area (Å²) in [5.41, 5.74) is 0.391. The molecule has 1 aliphatic carbocycles. The minimum atomic E-state index is 0.169. The smallest absolute Gasteiger partial charge is 0.241 e. The summed E-state index contributed by atoms with van der Waals surface area (Å²) in [7, 11) is 0. The van der Waals surface area contributed by atoms with E-state index in [0.29, 0.717) is 17.9 Å². The molecule has 6 nitrogen and oxygen atoms in total. The van der Waals surface area contributed by atoms with Crippen molar-refractivity contribution in [2.24, 2.45) is 10.8 Å². The second-order valence-corrected chi connectivity index (χ2v) is 6.56. The van der Waals surface area contributed by atoms with Crippen molar-refractivity contribution in [1.29, 1.82) is 0 Å². The standard InChI is InChI=1S/C13H17ClN6/c1-12(2)8(13(12,3)4)16-10-17-9(14)18-11(19-10)20-6-5-15-7-20/h5-8H,1-4H3,(H,16,17,18,19). The van der Waals surface area contributed by atoms with Crippen LogP contribution in [0.15, 0.2) is 18.7 Å². The summed E-state index contributed by atoms with van der Waals surface area (Å²) >= 11 is 5.98. The number of imidazole rings is 1. The number of nitrogens with zero attached hydrogens (tertiary/aromatic N) is 5. The molecule has 0 atom stereocenters. The first-order chi connectivity index (χ1) is 9.32. The normalized spacial score (nSPS) is 19.9. The van der Waals surface area contributed by atoms with Crippen LogP contribution in [0.4, 0.5) is 5.95 Å². The molecule has 1 saturated carbocycles. The van der Waals surface area contributed by atoms with Crippen LogP contribution < -0.4 is 5.32 Å². The van der Waals surface area contributed by atoms with E-state index in [1.54, 1.807) is 23.3 Å². The molecular weight excluding hydrogens is 276 g/mol. The van der Waals surface area contributed by atoms with Gasteiger partial charge in [0.1, 0.15) is 6.33 Å². The molecular formula is C13H17ClN6. The fourth-order valence-electron chi connectivity index (χ4n) is 2.58. The van der Waals surface area contributed by atoms with Gasteiger partial charge in [0, 0.05) is 18.4 Å². The zero-order valence-corrected chi connectivity index (χ0v) is 12.7. The van der Waals surface area contributed by atoms with E-state index in [-0.39, 0.29) is 16.1 Å².